The van der Waals surface area contributed by atoms with Crippen molar-refractivity contribution in [1.82, 2.24) is 4.90 Å². The Morgan fingerprint density at radius 1 is 1.19 bits per heavy atom. The molecule has 2 heteroatoms. The van der Waals surface area contributed by atoms with Gasteiger partial charge in [-0.25, -0.2) is 0 Å². The third-order valence-corrected chi connectivity index (χ3v) is 3.61. The van der Waals surface area contributed by atoms with Crippen LogP contribution in [0.3, 0.4) is 0 Å². The molecule has 0 amide bonds. The molecule has 1 fully saturated rings. The van der Waals surface area contributed by atoms with E-state index < -0.39 is 0 Å². The lowest BCUT2D eigenvalue weighted by Crippen LogP contribution is -2.29. The zero-order valence-electron chi connectivity index (χ0n) is 10.4. The van der Waals surface area contributed by atoms with E-state index in [2.05, 4.69) is 36.9 Å². The lowest BCUT2D eigenvalue weighted by Gasteiger charge is -2.21. The van der Waals surface area contributed by atoms with Crippen molar-refractivity contribution in [2.24, 2.45) is 5.73 Å². The Kier molecular flexibility index (Phi) is 3.62. The van der Waals surface area contributed by atoms with Gasteiger partial charge >= 0.3 is 0 Å². The van der Waals surface area contributed by atoms with Gasteiger partial charge in [-0.1, -0.05) is 18.2 Å². The van der Waals surface area contributed by atoms with Gasteiger partial charge in [0.2, 0.25) is 0 Å². The topological polar surface area (TPSA) is 29.3 Å². The van der Waals surface area contributed by atoms with Crippen molar-refractivity contribution in [2.45, 2.75) is 32.7 Å². The molecular formula is C14H22N2. The minimum Gasteiger partial charge on any atom is -0.323 e. The number of likely N-dealkylation sites (tertiary alicyclic amines) is 1. The highest BCUT2D eigenvalue weighted by atomic mass is 15.1. The number of aryl methyl sites for hydroxylation is 2. The standard InChI is InChI=1S/C14H22N2/c1-11-5-6-13(9-12(11)2)14(15)10-16-7-3-4-8-16/h5-6,9,14H,3-4,7-8,10,15H2,1-2H3. The normalized spacial score (nSPS) is 18.9. The maximum Gasteiger partial charge on any atom is 0.0424 e. The Labute approximate surface area is 98.4 Å². The van der Waals surface area contributed by atoms with Gasteiger partial charge in [-0.15, -0.1) is 0 Å². The van der Waals surface area contributed by atoms with Crippen LogP contribution < -0.4 is 5.73 Å². The fourth-order valence-electron chi connectivity index (χ4n) is 2.34. The largest absolute Gasteiger partial charge is 0.323 e. The second-order valence-electron chi connectivity index (χ2n) is 4.96. The summed E-state index contributed by atoms with van der Waals surface area (Å²) in [4.78, 5) is 2.47. The number of hydrogen-bond donors (Lipinski definition) is 1. The zero-order valence-corrected chi connectivity index (χ0v) is 10.4. The maximum absolute atomic E-state index is 6.25. The van der Waals surface area contributed by atoms with Crippen LogP contribution in [0.25, 0.3) is 0 Å². The number of benzene rings is 1. The van der Waals surface area contributed by atoms with Crippen molar-refractivity contribution in [3.63, 3.8) is 0 Å². The second-order valence-corrected chi connectivity index (χ2v) is 4.96. The minimum atomic E-state index is 0.164. The molecule has 1 aromatic rings. The predicted octanol–water partition coefficient (Wildman–Crippen LogP) is 2.40. The number of rotatable bonds is 3. The van der Waals surface area contributed by atoms with Gasteiger partial charge in [0.15, 0.2) is 0 Å². The molecule has 1 aliphatic rings. The van der Waals surface area contributed by atoms with Crippen LogP contribution in [0.5, 0.6) is 0 Å². The van der Waals surface area contributed by atoms with E-state index in [0.717, 1.165) is 6.54 Å². The van der Waals surface area contributed by atoms with E-state index in [9.17, 15) is 0 Å². The van der Waals surface area contributed by atoms with Gasteiger partial charge in [0.1, 0.15) is 0 Å². The van der Waals surface area contributed by atoms with E-state index in [-0.39, 0.29) is 6.04 Å². The lowest BCUT2D eigenvalue weighted by atomic mass is 10.0. The molecular weight excluding hydrogens is 196 g/mol. The van der Waals surface area contributed by atoms with Crippen LogP contribution in [-0.4, -0.2) is 24.5 Å². The Morgan fingerprint density at radius 3 is 2.50 bits per heavy atom. The molecule has 88 valence electrons. The molecule has 2 nitrogen and oxygen atoms in total. The summed E-state index contributed by atoms with van der Waals surface area (Å²) in [5.41, 5.74) is 10.2. The fraction of sp³-hybridized carbons (Fsp3) is 0.571. The molecule has 1 heterocycles. The van der Waals surface area contributed by atoms with E-state index >= 15 is 0 Å². The molecule has 1 aromatic carbocycles. The first-order valence-corrected chi connectivity index (χ1v) is 6.22. The van der Waals surface area contributed by atoms with E-state index in [4.69, 9.17) is 5.73 Å². The first kappa shape index (κ1) is 11.6. The number of nitrogens with zero attached hydrogens (tertiary/aromatic N) is 1. The van der Waals surface area contributed by atoms with Gasteiger partial charge in [0, 0.05) is 12.6 Å². The average Bonchev–Trinajstić information content (AvgIpc) is 2.74. The third-order valence-electron chi connectivity index (χ3n) is 3.61. The van der Waals surface area contributed by atoms with E-state index in [0.29, 0.717) is 0 Å². The first-order chi connectivity index (χ1) is 7.66. The Hall–Kier alpha value is -0.860. The van der Waals surface area contributed by atoms with Gasteiger partial charge in [0.25, 0.3) is 0 Å². The van der Waals surface area contributed by atoms with Crippen LogP contribution >= 0.6 is 0 Å². The number of hydrogen-bond acceptors (Lipinski definition) is 2. The van der Waals surface area contributed by atoms with Gasteiger partial charge in [-0.3, -0.25) is 0 Å². The number of nitrogens with two attached hydrogens (primary N) is 1. The summed E-state index contributed by atoms with van der Waals surface area (Å²) < 4.78 is 0. The van der Waals surface area contributed by atoms with Crippen LogP contribution in [0.15, 0.2) is 18.2 Å². The van der Waals surface area contributed by atoms with Crippen molar-refractivity contribution in [1.29, 1.82) is 0 Å². The molecule has 0 aromatic heterocycles. The highest BCUT2D eigenvalue weighted by Crippen LogP contribution is 2.18. The van der Waals surface area contributed by atoms with Gasteiger partial charge in [-0.05, 0) is 56.5 Å². The van der Waals surface area contributed by atoms with Gasteiger partial charge < -0.3 is 10.6 Å². The summed E-state index contributed by atoms with van der Waals surface area (Å²) in [6.07, 6.45) is 2.67. The molecule has 1 atom stereocenters. The molecule has 0 aliphatic carbocycles. The van der Waals surface area contributed by atoms with E-state index in [1.165, 1.54) is 42.6 Å². The summed E-state index contributed by atoms with van der Waals surface area (Å²) in [6.45, 7) is 7.74. The van der Waals surface area contributed by atoms with Gasteiger partial charge in [0.05, 0.1) is 0 Å². The molecule has 0 bridgehead atoms. The zero-order chi connectivity index (χ0) is 11.5. The fourth-order valence-corrected chi connectivity index (χ4v) is 2.34. The molecule has 0 spiro atoms. The second kappa shape index (κ2) is 4.98. The van der Waals surface area contributed by atoms with Crippen LogP contribution in [-0.2, 0) is 0 Å². The van der Waals surface area contributed by atoms with Gasteiger partial charge in [-0.2, -0.15) is 0 Å². The van der Waals surface area contributed by atoms with Crippen LogP contribution in [0.1, 0.15) is 35.6 Å². The molecule has 0 saturated carbocycles. The van der Waals surface area contributed by atoms with Crippen molar-refractivity contribution in [3.8, 4) is 0 Å². The molecule has 1 saturated heterocycles. The Balaban J connectivity index is 2.02. The van der Waals surface area contributed by atoms with Crippen LogP contribution in [0.2, 0.25) is 0 Å². The monoisotopic (exact) mass is 218 g/mol. The maximum atomic E-state index is 6.25. The third kappa shape index (κ3) is 2.63. The van der Waals surface area contributed by atoms with E-state index in [1.807, 2.05) is 0 Å². The Morgan fingerprint density at radius 2 is 1.88 bits per heavy atom. The molecule has 2 N–H and O–H groups in total. The molecule has 0 radical (unpaired) electrons. The van der Waals surface area contributed by atoms with Crippen molar-refractivity contribution >= 4 is 0 Å². The van der Waals surface area contributed by atoms with Crippen molar-refractivity contribution in [3.05, 3.63) is 34.9 Å². The van der Waals surface area contributed by atoms with Crippen LogP contribution in [0.4, 0.5) is 0 Å². The first-order valence-electron chi connectivity index (χ1n) is 6.22. The smallest absolute Gasteiger partial charge is 0.0424 e. The molecule has 1 unspecified atom stereocenters. The quantitative estimate of drug-likeness (QED) is 0.844. The highest BCUT2D eigenvalue weighted by molar-refractivity contribution is 5.31. The molecule has 2 rings (SSSR count). The highest BCUT2D eigenvalue weighted by Gasteiger charge is 2.16. The van der Waals surface area contributed by atoms with E-state index in [1.54, 1.807) is 0 Å². The molecule has 16 heavy (non-hydrogen) atoms. The summed E-state index contributed by atoms with van der Waals surface area (Å²) in [5.74, 6) is 0. The van der Waals surface area contributed by atoms with Crippen molar-refractivity contribution < 1.29 is 0 Å². The minimum absolute atomic E-state index is 0.164. The summed E-state index contributed by atoms with van der Waals surface area (Å²) in [7, 11) is 0. The van der Waals surface area contributed by atoms with Crippen molar-refractivity contribution in [2.75, 3.05) is 19.6 Å². The average molecular weight is 218 g/mol. The summed E-state index contributed by atoms with van der Waals surface area (Å²) in [5, 5.41) is 0. The Bertz CT molecular complexity index is 354. The molecule has 1 aliphatic heterocycles. The summed E-state index contributed by atoms with van der Waals surface area (Å²) >= 11 is 0. The van der Waals surface area contributed by atoms with Crippen LogP contribution in [0, 0.1) is 13.8 Å². The lowest BCUT2D eigenvalue weighted by molar-refractivity contribution is 0.316. The predicted molar refractivity (Wildman–Crippen MR) is 68.5 cm³/mol. The SMILES string of the molecule is Cc1ccc(C(N)CN2CCCC2)cc1C. The summed E-state index contributed by atoms with van der Waals surface area (Å²) in [6, 6.07) is 6.74.